The Morgan fingerprint density at radius 1 is 1.38 bits per heavy atom. The zero-order valence-electron chi connectivity index (χ0n) is 11.9. The van der Waals surface area contributed by atoms with Gasteiger partial charge >= 0.3 is 0 Å². The standard InChI is InChI=1S/C16H19ClFN3/c1-2-7-20-15(10-12-4-3-8-21-16(12)19)11-5-6-14(18)13(17)9-11/h3-6,8-9,15,20H,2,7,10H2,1H3,(H2,19,21). The average molecular weight is 308 g/mol. The molecule has 0 radical (unpaired) electrons. The second-order valence-electron chi connectivity index (χ2n) is 4.93. The van der Waals surface area contributed by atoms with Crippen LogP contribution in [0.4, 0.5) is 10.2 Å². The molecule has 0 aliphatic carbocycles. The van der Waals surface area contributed by atoms with E-state index in [0.29, 0.717) is 12.2 Å². The van der Waals surface area contributed by atoms with Crippen molar-refractivity contribution in [3.63, 3.8) is 0 Å². The molecule has 21 heavy (non-hydrogen) atoms. The van der Waals surface area contributed by atoms with E-state index in [1.807, 2.05) is 12.1 Å². The minimum absolute atomic E-state index is 0.0227. The van der Waals surface area contributed by atoms with Gasteiger partial charge in [-0.25, -0.2) is 9.37 Å². The number of nitrogens with two attached hydrogens (primary N) is 1. The summed E-state index contributed by atoms with van der Waals surface area (Å²) >= 11 is 5.89. The van der Waals surface area contributed by atoms with Crippen molar-refractivity contribution in [2.24, 2.45) is 0 Å². The summed E-state index contributed by atoms with van der Waals surface area (Å²) in [6.07, 6.45) is 3.36. The minimum atomic E-state index is -0.407. The van der Waals surface area contributed by atoms with Crippen LogP contribution in [0.1, 0.15) is 30.5 Å². The fourth-order valence-corrected chi connectivity index (χ4v) is 2.39. The fraction of sp³-hybridized carbons (Fsp3) is 0.312. The van der Waals surface area contributed by atoms with E-state index in [1.165, 1.54) is 6.07 Å². The Hall–Kier alpha value is -1.65. The molecule has 112 valence electrons. The van der Waals surface area contributed by atoms with Gasteiger partial charge in [-0.2, -0.15) is 0 Å². The molecule has 0 bridgehead atoms. The molecule has 0 fully saturated rings. The third kappa shape index (κ3) is 4.16. The second kappa shape index (κ2) is 7.38. The van der Waals surface area contributed by atoms with E-state index in [0.717, 1.165) is 24.1 Å². The van der Waals surface area contributed by atoms with Crippen LogP contribution in [0.15, 0.2) is 36.5 Å². The van der Waals surface area contributed by atoms with Gasteiger partial charge in [0.1, 0.15) is 11.6 Å². The van der Waals surface area contributed by atoms with Crippen molar-refractivity contribution in [2.75, 3.05) is 12.3 Å². The van der Waals surface area contributed by atoms with E-state index in [9.17, 15) is 4.39 Å². The van der Waals surface area contributed by atoms with Crippen molar-refractivity contribution in [3.8, 4) is 0 Å². The quantitative estimate of drug-likeness (QED) is 0.854. The maximum Gasteiger partial charge on any atom is 0.141 e. The first-order chi connectivity index (χ1) is 10.1. The predicted octanol–water partition coefficient (Wildman–Crippen LogP) is 3.74. The molecule has 2 aromatic rings. The van der Waals surface area contributed by atoms with Gasteiger partial charge in [-0.1, -0.05) is 30.7 Å². The van der Waals surface area contributed by atoms with Crippen LogP contribution in [-0.2, 0) is 6.42 Å². The molecule has 1 heterocycles. The van der Waals surface area contributed by atoms with Crippen LogP contribution in [0, 0.1) is 5.82 Å². The van der Waals surface area contributed by atoms with Crippen molar-refractivity contribution in [3.05, 3.63) is 58.5 Å². The SMILES string of the molecule is CCCNC(Cc1cccnc1N)c1ccc(F)c(Cl)c1. The van der Waals surface area contributed by atoms with Gasteiger partial charge in [0.05, 0.1) is 5.02 Å². The summed E-state index contributed by atoms with van der Waals surface area (Å²) in [5.74, 6) is 0.115. The van der Waals surface area contributed by atoms with E-state index in [1.54, 1.807) is 18.3 Å². The molecule has 0 spiro atoms. The number of hydrogen-bond acceptors (Lipinski definition) is 3. The molecule has 3 N–H and O–H groups in total. The fourth-order valence-electron chi connectivity index (χ4n) is 2.20. The van der Waals surface area contributed by atoms with Crippen molar-refractivity contribution in [1.29, 1.82) is 0 Å². The lowest BCUT2D eigenvalue weighted by atomic mass is 9.99. The number of nitrogens with zero attached hydrogens (tertiary/aromatic N) is 1. The highest BCUT2D eigenvalue weighted by atomic mass is 35.5. The van der Waals surface area contributed by atoms with E-state index in [-0.39, 0.29) is 11.1 Å². The minimum Gasteiger partial charge on any atom is -0.383 e. The molecule has 0 aliphatic rings. The maximum absolute atomic E-state index is 13.3. The molecule has 2 rings (SSSR count). The molecule has 0 saturated heterocycles. The lowest BCUT2D eigenvalue weighted by Crippen LogP contribution is -2.24. The molecule has 1 unspecified atom stereocenters. The predicted molar refractivity (Wildman–Crippen MR) is 84.8 cm³/mol. The molecule has 0 aliphatic heterocycles. The Bertz CT molecular complexity index is 604. The summed E-state index contributed by atoms with van der Waals surface area (Å²) in [4.78, 5) is 4.10. The third-order valence-corrected chi connectivity index (χ3v) is 3.63. The number of aromatic nitrogens is 1. The van der Waals surface area contributed by atoms with Crippen LogP contribution in [0.2, 0.25) is 5.02 Å². The van der Waals surface area contributed by atoms with Gasteiger partial charge in [-0.3, -0.25) is 0 Å². The molecule has 1 aromatic heterocycles. The lowest BCUT2D eigenvalue weighted by Gasteiger charge is -2.20. The Morgan fingerprint density at radius 3 is 2.86 bits per heavy atom. The van der Waals surface area contributed by atoms with Crippen molar-refractivity contribution in [2.45, 2.75) is 25.8 Å². The zero-order valence-corrected chi connectivity index (χ0v) is 12.7. The smallest absolute Gasteiger partial charge is 0.141 e. The number of benzene rings is 1. The average Bonchev–Trinajstić information content (AvgIpc) is 2.48. The summed E-state index contributed by atoms with van der Waals surface area (Å²) in [5.41, 5.74) is 7.81. The monoisotopic (exact) mass is 307 g/mol. The molecule has 1 atom stereocenters. The van der Waals surface area contributed by atoms with Crippen molar-refractivity contribution >= 4 is 17.4 Å². The number of nitrogens with one attached hydrogen (secondary N) is 1. The zero-order chi connectivity index (χ0) is 15.2. The van der Waals surface area contributed by atoms with Crippen LogP contribution < -0.4 is 11.1 Å². The normalized spacial score (nSPS) is 12.3. The first kappa shape index (κ1) is 15.7. The number of hydrogen-bond donors (Lipinski definition) is 2. The molecule has 0 amide bonds. The van der Waals surface area contributed by atoms with E-state index in [4.69, 9.17) is 17.3 Å². The van der Waals surface area contributed by atoms with Crippen molar-refractivity contribution in [1.82, 2.24) is 10.3 Å². The number of halogens is 2. The number of nitrogen functional groups attached to an aromatic ring is 1. The summed E-state index contributed by atoms with van der Waals surface area (Å²) in [6.45, 7) is 2.96. The van der Waals surface area contributed by atoms with E-state index in [2.05, 4.69) is 17.2 Å². The van der Waals surface area contributed by atoms with Gasteiger partial charge in [0.2, 0.25) is 0 Å². The third-order valence-electron chi connectivity index (χ3n) is 3.34. The highest BCUT2D eigenvalue weighted by Crippen LogP contribution is 2.25. The molecule has 5 heteroatoms. The molecule has 3 nitrogen and oxygen atoms in total. The highest BCUT2D eigenvalue weighted by Gasteiger charge is 2.15. The summed E-state index contributed by atoms with van der Waals surface area (Å²) < 4.78 is 13.3. The van der Waals surface area contributed by atoms with Crippen molar-refractivity contribution < 1.29 is 4.39 Å². The largest absolute Gasteiger partial charge is 0.383 e. The first-order valence-corrected chi connectivity index (χ1v) is 7.37. The van der Waals surface area contributed by atoms with Gasteiger partial charge in [-0.15, -0.1) is 0 Å². The molecular formula is C16H19ClFN3. The number of rotatable bonds is 6. The molecule has 1 aromatic carbocycles. The summed E-state index contributed by atoms with van der Waals surface area (Å²) in [6, 6.07) is 8.64. The number of anilines is 1. The van der Waals surface area contributed by atoms with Gasteiger partial charge in [0, 0.05) is 12.2 Å². The van der Waals surface area contributed by atoms with Gasteiger partial charge in [0.25, 0.3) is 0 Å². The first-order valence-electron chi connectivity index (χ1n) is 6.99. The summed E-state index contributed by atoms with van der Waals surface area (Å²) in [7, 11) is 0. The maximum atomic E-state index is 13.3. The van der Waals surface area contributed by atoms with Crippen LogP contribution in [-0.4, -0.2) is 11.5 Å². The molecular weight excluding hydrogens is 289 g/mol. The van der Waals surface area contributed by atoms with Crippen LogP contribution in [0.25, 0.3) is 0 Å². The second-order valence-corrected chi connectivity index (χ2v) is 5.34. The topological polar surface area (TPSA) is 50.9 Å². The lowest BCUT2D eigenvalue weighted by molar-refractivity contribution is 0.527. The summed E-state index contributed by atoms with van der Waals surface area (Å²) in [5, 5.41) is 3.58. The van der Waals surface area contributed by atoms with E-state index >= 15 is 0 Å². The van der Waals surface area contributed by atoms with Crippen LogP contribution in [0.3, 0.4) is 0 Å². The van der Waals surface area contributed by atoms with Gasteiger partial charge in [-0.05, 0) is 48.7 Å². The Labute approximate surface area is 129 Å². The van der Waals surface area contributed by atoms with Crippen LogP contribution >= 0.6 is 11.6 Å². The Morgan fingerprint density at radius 2 is 2.19 bits per heavy atom. The Balaban J connectivity index is 2.25. The van der Waals surface area contributed by atoms with Crippen LogP contribution in [0.5, 0.6) is 0 Å². The van der Waals surface area contributed by atoms with Gasteiger partial charge < -0.3 is 11.1 Å². The highest BCUT2D eigenvalue weighted by molar-refractivity contribution is 6.30. The van der Waals surface area contributed by atoms with Gasteiger partial charge in [0.15, 0.2) is 0 Å². The number of pyridine rings is 1. The Kier molecular flexibility index (Phi) is 5.53. The molecule has 0 saturated carbocycles. The van der Waals surface area contributed by atoms with E-state index < -0.39 is 5.82 Å².